The van der Waals surface area contributed by atoms with E-state index in [0.29, 0.717) is 0 Å². The van der Waals surface area contributed by atoms with Gasteiger partial charge in [0.25, 0.3) is 0 Å². The number of aryl methyl sites for hydroxylation is 1. The SMILES string of the molecule is CC.CC.CCCC(CCCC1=CC=C(C2CCC(C)CC2)C=CC1)c1ccc(C)cc1. The molecule has 0 nitrogen and oxygen atoms in total. The zero-order chi connectivity index (χ0) is 23.8. The molecule has 0 aromatic heterocycles. The van der Waals surface area contributed by atoms with Gasteiger partial charge in [0.2, 0.25) is 0 Å². The average Bonchev–Trinajstić information content (AvgIpc) is 3.08. The highest BCUT2D eigenvalue weighted by Crippen LogP contribution is 2.35. The summed E-state index contributed by atoms with van der Waals surface area (Å²) in [6.45, 7) is 14.9. The number of benzene rings is 1. The number of hydrogen-bond acceptors (Lipinski definition) is 0. The highest BCUT2D eigenvalue weighted by Gasteiger charge is 2.20. The minimum atomic E-state index is 0.725. The standard InChI is InChI=1S/C28H40.2C2H6/c1-4-7-25(27-17-12-22(2)13-18-27)10-5-8-24-9-6-11-26(21-16-24)28-19-14-23(3)15-20-28;2*1-2/h6,11-13,16-18,21,23,25,28H,4-5,7-10,14-15,19-20H2,1-3H3;2*1-2H3. The summed E-state index contributed by atoms with van der Waals surface area (Å²) in [5, 5.41) is 0. The van der Waals surface area contributed by atoms with Crippen LogP contribution in [0.5, 0.6) is 0 Å². The van der Waals surface area contributed by atoms with Crippen molar-refractivity contribution in [2.75, 3.05) is 0 Å². The normalized spacial score (nSPS) is 21.1. The molecule has 0 radical (unpaired) electrons. The van der Waals surface area contributed by atoms with Crippen molar-refractivity contribution in [1.82, 2.24) is 0 Å². The molecule has 2 aliphatic carbocycles. The second-order valence-electron chi connectivity index (χ2n) is 9.34. The molecule has 0 spiro atoms. The molecule has 1 unspecified atom stereocenters. The topological polar surface area (TPSA) is 0 Å². The fraction of sp³-hybridized carbons (Fsp3) is 0.625. The third-order valence-electron chi connectivity index (χ3n) is 6.93. The van der Waals surface area contributed by atoms with Crippen LogP contribution in [0.3, 0.4) is 0 Å². The van der Waals surface area contributed by atoms with Gasteiger partial charge in [-0.3, -0.25) is 0 Å². The van der Waals surface area contributed by atoms with E-state index < -0.39 is 0 Å². The summed E-state index contributed by atoms with van der Waals surface area (Å²) in [6.07, 6.45) is 22.9. The number of hydrogen-bond donors (Lipinski definition) is 0. The molecule has 180 valence electrons. The Labute approximate surface area is 201 Å². The lowest BCUT2D eigenvalue weighted by molar-refractivity contribution is 0.323. The van der Waals surface area contributed by atoms with Crippen LogP contribution >= 0.6 is 0 Å². The summed E-state index contributed by atoms with van der Waals surface area (Å²) in [5.41, 5.74) is 6.11. The van der Waals surface area contributed by atoms with Gasteiger partial charge in [-0.2, -0.15) is 0 Å². The second-order valence-corrected chi connectivity index (χ2v) is 9.34. The molecule has 1 atom stereocenters. The van der Waals surface area contributed by atoms with Gasteiger partial charge in [-0.15, -0.1) is 0 Å². The van der Waals surface area contributed by atoms with Gasteiger partial charge >= 0.3 is 0 Å². The Morgan fingerprint density at radius 2 is 1.53 bits per heavy atom. The van der Waals surface area contributed by atoms with Crippen LogP contribution in [0.1, 0.15) is 123 Å². The smallest absolute Gasteiger partial charge is 0.0132 e. The van der Waals surface area contributed by atoms with E-state index in [2.05, 4.69) is 69.3 Å². The van der Waals surface area contributed by atoms with Gasteiger partial charge in [0.15, 0.2) is 0 Å². The molecule has 1 fully saturated rings. The lowest BCUT2D eigenvalue weighted by Crippen LogP contribution is -2.13. The number of rotatable bonds is 8. The van der Waals surface area contributed by atoms with Crippen molar-refractivity contribution < 1.29 is 0 Å². The Morgan fingerprint density at radius 1 is 0.875 bits per heavy atom. The Bertz CT molecular complexity index is 677. The van der Waals surface area contributed by atoms with E-state index >= 15 is 0 Å². The first-order chi connectivity index (χ1) is 15.7. The van der Waals surface area contributed by atoms with Crippen LogP contribution in [0.2, 0.25) is 0 Å². The molecule has 0 heterocycles. The van der Waals surface area contributed by atoms with Gasteiger partial charge in [-0.1, -0.05) is 121 Å². The van der Waals surface area contributed by atoms with Crippen LogP contribution in [0.25, 0.3) is 0 Å². The highest BCUT2D eigenvalue weighted by molar-refractivity contribution is 5.33. The molecule has 32 heavy (non-hydrogen) atoms. The van der Waals surface area contributed by atoms with Gasteiger partial charge < -0.3 is 0 Å². The van der Waals surface area contributed by atoms with Crippen LogP contribution in [0, 0.1) is 18.8 Å². The maximum absolute atomic E-state index is 2.45. The first-order valence-corrected chi connectivity index (χ1v) is 13.8. The maximum atomic E-state index is 2.45. The van der Waals surface area contributed by atoms with E-state index in [-0.39, 0.29) is 0 Å². The van der Waals surface area contributed by atoms with Crippen LogP contribution in [0.15, 0.2) is 59.7 Å². The van der Waals surface area contributed by atoms with Crippen molar-refractivity contribution in [2.24, 2.45) is 11.8 Å². The molecule has 0 aliphatic heterocycles. The van der Waals surface area contributed by atoms with Crippen LogP contribution < -0.4 is 0 Å². The Hall–Kier alpha value is -1.56. The molecule has 2 aliphatic rings. The summed E-state index contributed by atoms with van der Waals surface area (Å²) >= 11 is 0. The van der Waals surface area contributed by atoms with Crippen molar-refractivity contribution in [3.05, 3.63) is 70.8 Å². The molecule has 3 rings (SSSR count). The second kappa shape index (κ2) is 17.0. The molecular formula is C32H52. The Kier molecular flexibility index (Phi) is 15.1. The van der Waals surface area contributed by atoms with Crippen LogP contribution in [-0.4, -0.2) is 0 Å². The van der Waals surface area contributed by atoms with E-state index in [1.54, 1.807) is 11.1 Å². The molecule has 1 aromatic carbocycles. The van der Waals surface area contributed by atoms with E-state index in [1.165, 1.54) is 68.9 Å². The molecule has 0 amide bonds. The third-order valence-corrected chi connectivity index (χ3v) is 6.93. The highest BCUT2D eigenvalue weighted by atomic mass is 14.3. The fourth-order valence-corrected chi connectivity index (χ4v) is 4.98. The van der Waals surface area contributed by atoms with E-state index in [0.717, 1.165) is 24.2 Å². The maximum Gasteiger partial charge on any atom is -0.0132 e. The largest absolute Gasteiger partial charge is 0.0802 e. The predicted molar refractivity (Wildman–Crippen MR) is 146 cm³/mol. The molecular weight excluding hydrogens is 384 g/mol. The Morgan fingerprint density at radius 3 is 2.16 bits per heavy atom. The van der Waals surface area contributed by atoms with Crippen LogP contribution in [-0.2, 0) is 0 Å². The van der Waals surface area contributed by atoms with Crippen molar-refractivity contribution >= 4 is 0 Å². The molecule has 0 heteroatoms. The number of allylic oxidation sites excluding steroid dienone is 6. The third kappa shape index (κ3) is 9.93. The minimum Gasteiger partial charge on any atom is -0.0802 e. The lowest BCUT2D eigenvalue weighted by Gasteiger charge is -2.26. The summed E-state index contributed by atoms with van der Waals surface area (Å²) < 4.78 is 0. The van der Waals surface area contributed by atoms with Crippen molar-refractivity contribution in [1.29, 1.82) is 0 Å². The first-order valence-electron chi connectivity index (χ1n) is 13.8. The van der Waals surface area contributed by atoms with Gasteiger partial charge in [-0.05, 0) is 80.8 Å². The quantitative estimate of drug-likeness (QED) is 0.380. The predicted octanol–water partition coefficient (Wildman–Crippen LogP) is 10.7. The summed E-state index contributed by atoms with van der Waals surface area (Å²) in [6, 6.07) is 9.25. The van der Waals surface area contributed by atoms with E-state index in [1.807, 2.05) is 27.7 Å². The van der Waals surface area contributed by atoms with Gasteiger partial charge in [0.05, 0.1) is 0 Å². The minimum absolute atomic E-state index is 0.725. The molecule has 0 bridgehead atoms. The van der Waals surface area contributed by atoms with Crippen molar-refractivity contribution in [2.45, 2.75) is 119 Å². The van der Waals surface area contributed by atoms with Crippen molar-refractivity contribution in [3.8, 4) is 0 Å². The lowest BCUT2D eigenvalue weighted by atomic mass is 9.79. The van der Waals surface area contributed by atoms with Gasteiger partial charge in [0, 0.05) is 0 Å². The fourth-order valence-electron chi connectivity index (χ4n) is 4.98. The summed E-state index contributed by atoms with van der Waals surface area (Å²) in [7, 11) is 0. The summed E-state index contributed by atoms with van der Waals surface area (Å²) in [4.78, 5) is 0. The zero-order valence-corrected chi connectivity index (χ0v) is 22.4. The molecule has 0 saturated heterocycles. The molecule has 1 aromatic rings. The van der Waals surface area contributed by atoms with Crippen molar-refractivity contribution in [3.63, 3.8) is 0 Å². The summed E-state index contributed by atoms with van der Waals surface area (Å²) in [5.74, 6) is 2.46. The van der Waals surface area contributed by atoms with E-state index in [9.17, 15) is 0 Å². The molecule has 0 N–H and O–H groups in total. The van der Waals surface area contributed by atoms with Gasteiger partial charge in [0.1, 0.15) is 0 Å². The Balaban J connectivity index is 0.00000121. The van der Waals surface area contributed by atoms with Gasteiger partial charge in [-0.25, -0.2) is 0 Å². The van der Waals surface area contributed by atoms with Crippen LogP contribution in [0.4, 0.5) is 0 Å². The first kappa shape index (κ1) is 28.5. The zero-order valence-electron chi connectivity index (χ0n) is 22.4. The molecule has 1 saturated carbocycles. The van der Waals surface area contributed by atoms with E-state index in [4.69, 9.17) is 0 Å². The monoisotopic (exact) mass is 436 g/mol. The average molecular weight is 437 g/mol.